The smallest absolute Gasteiger partial charge is 0.248 e. The minimum atomic E-state index is -3.74. The second kappa shape index (κ2) is 7.61. The van der Waals surface area contributed by atoms with Gasteiger partial charge in [0.2, 0.25) is 10.0 Å². The molecule has 9 heteroatoms. The Morgan fingerprint density at radius 3 is 2.30 bits per heavy atom. The zero-order valence-electron chi connectivity index (χ0n) is 15.5. The van der Waals surface area contributed by atoms with Gasteiger partial charge in [0.1, 0.15) is 15.8 Å². The number of ether oxygens (including phenoxy) is 1. The fourth-order valence-corrected chi connectivity index (χ4v) is 5.56. The standard InChI is InChI=1S/C18H22ClN3O4S/c1-12-17(18(19)21(2)20-12)27(24,25)22-10-8-14(9-11-22)16(23)13-4-6-15(26-3)7-5-13/h4-7,14H,8-11H2,1-3H3. The van der Waals surface area contributed by atoms with Crippen molar-refractivity contribution in [1.82, 2.24) is 14.1 Å². The first-order chi connectivity index (χ1) is 12.8. The molecule has 0 atom stereocenters. The van der Waals surface area contributed by atoms with Crippen molar-refractivity contribution in [2.45, 2.75) is 24.7 Å². The zero-order chi connectivity index (χ0) is 19.8. The second-order valence-electron chi connectivity index (χ2n) is 6.60. The van der Waals surface area contributed by atoms with Crippen molar-refractivity contribution in [3.8, 4) is 5.75 Å². The number of carbonyl (C=O) groups excluding carboxylic acids is 1. The van der Waals surface area contributed by atoms with Gasteiger partial charge in [0.15, 0.2) is 5.78 Å². The second-order valence-corrected chi connectivity index (χ2v) is 8.83. The molecule has 0 aliphatic carbocycles. The van der Waals surface area contributed by atoms with E-state index < -0.39 is 10.0 Å². The summed E-state index contributed by atoms with van der Waals surface area (Å²) < 4.78 is 33.7. The molecule has 1 saturated heterocycles. The van der Waals surface area contributed by atoms with Crippen LogP contribution in [0.3, 0.4) is 0 Å². The maximum absolute atomic E-state index is 12.9. The van der Waals surface area contributed by atoms with Crippen LogP contribution in [0, 0.1) is 12.8 Å². The van der Waals surface area contributed by atoms with E-state index in [1.807, 2.05) is 0 Å². The summed E-state index contributed by atoms with van der Waals surface area (Å²) in [6, 6.07) is 6.98. The lowest BCUT2D eigenvalue weighted by Gasteiger charge is -2.30. The van der Waals surface area contributed by atoms with Crippen LogP contribution in [-0.2, 0) is 17.1 Å². The Balaban J connectivity index is 1.71. The molecule has 3 rings (SSSR count). The molecule has 1 aromatic carbocycles. The molecule has 0 N–H and O–H groups in total. The summed E-state index contributed by atoms with van der Waals surface area (Å²) in [5.41, 5.74) is 0.988. The van der Waals surface area contributed by atoms with Gasteiger partial charge in [-0.3, -0.25) is 9.48 Å². The molecule has 7 nitrogen and oxygen atoms in total. The Kier molecular flexibility index (Phi) is 5.60. The molecule has 1 aliphatic rings. The maximum atomic E-state index is 12.9. The van der Waals surface area contributed by atoms with E-state index in [-0.39, 0.29) is 34.8 Å². The van der Waals surface area contributed by atoms with E-state index in [0.29, 0.717) is 29.8 Å². The molecule has 0 unspecified atom stereocenters. The Morgan fingerprint density at radius 1 is 1.22 bits per heavy atom. The number of aryl methyl sites for hydroxylation is 2. The van der Waals surface area contributed by atoms with Gasteiger partial charge in [-0.05, 0) is 44.0 Å². The number of Topliss-reactive ketones (excluding diaryl/α,β-unsaturated/α-hetero) is 1. The third-order valence-electron chi connectivity index (χ3n) is 4.90. The number of hydrogen-bond donors (Lipinski definition) is 0. The van der Waals surface area contributed by atoms with Gasteiger partial charge in [0, 0.05) is 31.6 Å². The molecule has 1 aliphatic heterocycles. The summed E-state index contributed by atoms with van der Waals surface area (Å²) >= 11 is 6.13. The van der Waals surface area contributed by atoms with Gasteiger partial charge in [-0.15, -0.1) is 0 Å². The first-order valence-electron chi connectivity index (χ1n) is 8.63. The molecular formula is C18H22ClN3O4S. The lowest BCUT2D eigenvalue weighted by atomic mass is 9.89. The number of ketones is 1. The predicted octanol–water partition coefficient (Wildman–Crippen LogP) is 2.67. The third-order valence-corrected chi connectivity index (χ3v) is 7.49. The van der Waals surface area contributed by atoms with Crippen molar-refractivity contribution in [3.05, 3.63) is 40.7 Å². The topological polar surface area (TPSA) is 81.5 Å². The molecule has 0 spiro atoms. The van der Waals surface area contributed by atoms with E-state index in [1.165, 1.54) is 8.99 Å². The number of carbonyl (C=O) groups is 1. The average Bonchev–Trinajstić information content (AvgIpc) is 2.93. The van der Waals surface area contributed by atoms with Crippen molar-refractivity contribution in [3.63, 3.8) is 0 Å². The molecule has 1 fully saturated rings. The molecule has 0 bridgehead atoms. The highest BCUT2D eigenvalue weighted by atomic mass is 35.5. The van der Waals surface area contributed by atoms with Crippen LogP contribution >= 0.6 is 11.6 Å². The summed E-state index contributed by atoms with van der Waals surface area (Å²) in [6.45, 7) is 2.18. The number of sulfonamides is 1. The van der Waals surface area contributed by atoms with Crippen LogP contribution in [0.1, 0.15) is 28.9 Å². The van der Waals surface area contributed by atoms with Crippen LogP contribution in [0.2, 0.25) is 5.15 Å². The van der Waals surface area contributed by atoms with Crippen LogP contribution in [0.25, 0.3) is 0 Å². The highest BCUT2D eigenvalue weighted by Crippen LogP contribution is 2.31. The number of methoxy groups -OCH3 is 1. The van der Waals surface area contributed by atoms with Crippen molar-refractivity contribution >= 4 is 27.4 Å². The number of hydrogen-bond acceptors (Lipinski definition) is 5. The van der Waals surface area contributed by atoms with E-state index in [4.69, 9.17) is 16.3 Å². The van der Waals surface area contributed by atoms with E-state index in [2.05, 4.69) is 5.10 Å². The van der Waals surface area contributed by atoms with E-state index in [9.17, 15) is 13.2 Å². The molecule has 0 saturated carbocycles. The van der Waals surface area contributed by atoms with Gasteiger partial charge in [-0.25, -0.2) is 8.42 Å². The molecule has 27 heavy (non-hydrogen) atoms. The third kappa shape index (κ3) is 3.74. The molecule has 2 heterocycles. The van der Waals surface area contributed by atoms with Crippen LogP contribution in [0.4, 0.5) is 0 Å². The normalized spacial score (nSPS) is 16.4. The molecule has 146 valence electrons. The van der Waals surface area contributed by atoms with Crippen LogP contribution < -0.4 is 4.74 Å². The largest absolute Gasteiger partial charge is 0.497 e. The number of piperidine rings is 1. The van der Waals surface area contributed by atoms with Gasteiger partial charge >= 0.3 is 0 Å². The summed E-state index contributed by atoms with van der Waals surface area (Å²) in [6.07, 6.45) is 0.946. The lowest BCUT2D eigenvalue weighted by Crippen LogP contribution is -2.40. The molecule has 0 radical (unpaired) electrons. The van der Waals surface area contributed by atoms with Gasteiger partial charge in [-0.1, -0.05) is 11.6 Å². The first-order valence-corrected chi connectivity index (χ1v) is 10.4. The van der Waals surface area contributed by atoms with Gasteiger partial charge in [-0.2, -0.15) is 9.40 Å². The molecule has 2 aromatic rings. The predicted molar refractivity (Wildman–Crippen MR) is 102 cm³/mol. The monoisotopic (exact) mass is 411 g/mol. The van der Waals surface area contributed by atoms with Crippen LogP contribution in [0.5, 0.6) is 5.75 Å². The number of rotatable bonds is 5. The van der Waals surface area contributed by atoms with E-state index in [0.717, 1.165) is 0 Å². The van der Waals surface area contributed by atoms with Crippen molar-refractivity contribution in [1.29, 1.82) is 0 Å². The number of aromatic nitrogens is 2. The summed E-state index contributed by atoms with van der Waals surface area (Å²) in [5.74, 6) is 0.525. The molecule has 1 aromatic heterocycles. The van der Waals surface area contributed by atoms with E-state index >= 15 is 0 Å². The number of halogens is 1. The lowest BCUT2D eigenvalue weighted by molar-refractivity contribution is 0.0875. The van der Waals surface area contributed by atoms with Crippen molar-refractivity contribution < 1.29 is 17.9 Å². The molecular weight excluding hydrogens is 390 g/mol. The summed E-state index contributed by atoms with van der Waals surface area (Å²) in [5, 5.41) is 4.18. The minimum Gasteiger partial charge on any atom is -0.497 e. The van der Waals surface area contributed by atoms with Crippen molar-refractivity contribution in [2.75, 3.05) is 20.2 Å². The molecule has 0 amide bonds. The zero-order valence-corrected chi connectivity index (χ0v) is 17.0. The van der Waals surface area contributed by atoms with Gasteiger partial charge in [0.25, 0.3) is 0 Å². The fourth-order valence-electron chi connectivity index (χ4n) is 3.38. The Hall–Kier alpha value is -1.90. The highest BCUT2D eigenvalue weighted by molar-refractivity contribution is 7.89. The Bertz CT molecular complexity index is 946. The van der Waals surface area contributed by atoms with Gasteiger partial charge < -0.3 is 4.74 Å². The van der Waals surface area contributed by atoms with Crippen LogP contribution in [0.15, 0.2) is 29.2 Å². The fraction of sp³-hybridized carbons (Fsp3) is 0.444. The van der Waals surface area contributed by atoms with Crippen molar-refractivity contribution in [2.24, 2.45) is 13.0 Å². The van der Waals surface area contributed by atoms with Crippen LogP contribution in [-0.4, -0.2) is 48.5 Å². The minimum absolute atomic E-state index is 0.0327. The first kappa shape index (κ1) is 19.9. The average molecular weight is 412 g/mol. The quantitative estimate of drug-likeness (QED) is 0.706. The maximum Gasteiger partial charge on any atom is 0.248 e. The SMILES string of the molecule is COc1ccc(C(=O)C2CCN(S(=O)(=O)c3c(C)nn(C)c3Cl)CC2)cc1. The number of nitrogens with zero attached hydrogens (tertiary/aromatic N) is 3. The number of benzene rings is 1. The van der Waals surface area contributed by atoms with Gasteiger partial charge in [0.05, 0.1) is 12.8 Å². The Morgan fingerprint density at radius 2 is 1.81 bits per heavy atom. The highest BCUT2D eigenvalue weighted by Gasteiger charge is 2.35. The Labute approximate surface area is 163 Å². The summed E-state index contributed by atoms with van der Waals surface area (Å²) in [7, 11) is -0.557. The van der Waals surface area contributed by atoms with E-state index in [1.54, 1.807) is 45.3 Å². The summed E-state index contributed by atoms with van der Waals surface area (Å²) in [4.78, 5) is 12.7.